The summed E-state index contributed by atoms with van der Waals surface area (Å²) < 4.78 is 1.03. The second-order valence-electron chi connectivity index (χ2n) is 4.37. The number of benzene rings is 1. The van der Waals surface area contributed by atoms with Crippen LogP contribution in [-0.4, -0.2) is 6.04 Å². The quantitative estimate of drug-likeness (QED) is 0.821. The third-order valence-corrected chi connectivity index (χ3v) is 3.39. The number of hydrogen-bond acceptors (Lipinski definition) is 2. The van der Waals surface area contributed by atoms with Gasteiger partial charge in [-0.05, 0) is 53.4 Å². The Morgan fingerprint density at radius 2 is 1.87 bits per heavy atom. The van der Waals surface area contributed by atoms with Crippen molar-refractivity contribution in [3.63, 3.8) is 0 Å². The molecule has 0 bridgehead atoms. The van der Waals surface area contributed by atoms with Crippen molar-refractivity contribution in [2.24, 2.45) is 5.92 Å². The molecule has 1 atom stereocenters. The van der Waals surface area contributed by atoms with Gasteiger partial charge in [0.25, 0.3) is 0 Å². The predicted molar refractivity (Wildman–Crippen MR) is 71.2 cm³/mol. The number of nitrogens with two attached hydrogens (primary N) is 1. The zero-order valence-corrected chi connectivity index (χ0v) is 11.4. The maximum atomic E-state index is 5.82. The Labute approximate surface area is 100 Å². The summed E-state index contributed by atoms with van der Waals surface area (Å²) >= 11 is 3.52. The minimum atomic E-state index is 0.448. The summed E-state index contributed by atoms with van der Waals surface area (Å²) in [6.45, 7) is 8.61. The topological polar surface area (TPSA) is 38.0 Å². The molecule has 1 aromatic carbocycles. The average molecular weight is 271 g/mol. The highest BCUT2D eigenvalue weighted by Gasteiger charge is 2.09. The molecule has 0 spiro atoms. The van der Waals surface area contributed by atoms with Crippen molar-refractivity contribution in [3.05, 3.63) is 22.2 Å². The molecule has 3 heteroatoms. The maximum Gasteiger partial charge on any atom is 0.0490 e. The van der Waals surface area contributed by atoms with Gasteiger partial charge in [-0.25, -0.2) is 0 Å². The van der Waals surface area contributed by atoms with Crippen molar-refractivity contribution >= 4 is 27.3 Å². The van der Waals surface area contributed by atoms with Crippen LogP contribution in [0, 0.1) is 12.8 Å². The Morgan fingerprint density at radius 1 is 1.27 bits per heavy atom. The fourth-order valence-electron chi connectivity index (χ4n) is 1.22. The van der Waals surface area contributed by atoms with E-state index in [0.717, 1.165) is 21.4 Å². The zero-order valence-electron chi connectivity index (χ0n) is 9.76. The van der Waals surface area contributed by atoms with Crippen LogP contribution in [0.2, 0.25) is 0 Å². The zero-order chi connectivity index (χ0) is 11.6. The van der Waals surface area contributed by atoms with E-state index in [-0.39, 0.29) is 0 Å². The van der Waals surface area contributed by atoms with Gasteiger partial charge in [-0.15, -0.1) is 0 Å². The summed E-state index contributed by atoms with van der Waals surface area (Å²) in [6, 6.07) is 4.48. The van der Waals surface area contributed by atoms with Gasteiger partial charge in [-0.3, -0.25) is 0 Å². The molecule has 0 fully saturated rings. The first-order chi connectivity index (χ1) is 6.91. The maximum absolute atomic E-state index is 5.82. The summed E-state index contributed by atoms with van der Waals surface area (Å²) in [4.78, 5) is 0. The van der Waals surface area contributed by atoms with Gasteiger partial charge >= 0.3 is 0 Å². The molecule has 0 amide bonds. The van der Waals surface area contributed by atoms with Crippen LogP contribution in [-0.2, 0) is 0 Å². The van der Waals surface area contributed by atoms with Crippen LogP contribution in [0.25, 0.3) is 0 Å². The first kappa shape index (κ1) is 12.4. The highest BCUT2D eigenvalue weighted by molar-refractivity contribution is 9.10. The highest BCUT2D eigenvalue weighted by atomic mass is 79.9. The fraction of sp³-hybridized carbons (Fsp3) is 0.500. The molecule has 0 saturated heterocycles. The van der Waals surface area contributed by atoms with E-state index in [4.69, 9.17) is 5.73 Å². The van der Waals surface area contributed by atoms with Crippen LogP contribution in [0.15, 0.2) is 16.6 Å². The molecule has 1 aromatic rings. The first-order valence-corrected chi connectivity index (χ1v) is 6.03. The third-order valence-electron chi connectivity index (χ3n) is 2.74. The number of halogens is 1. The summed E-state index contributed by atoms with van der Waals surface area (Å²) in [5, 5.41) is 3.48. The normalized spacial score (nSPS) is 12.9. The van der Waals surface area contributed by atoms with Crippen molar-refractivity contribution in [3.8, 4) is 0 Å². The number of nitrogen functional groups attached to an aromatic ring is 1. The number of anilines is 2. The smallest absolute Gasteiger partial charge is 0.0490 e. The Morgan fingerprint density at radius 3 is 2.40 bits per heavy atom. The van der Waals surface area contributed by atoms with Crippen molar-refractivity contribution < 1.29 is 0 Å². The van der Waals surface area contributed by atoms with Gasteiger partial charge < -0.3 is 11.1 Å². The molecule has 15 heavy (non-hydrogen) atoms. The molecule has 1 unspecified atom stereocenters. The predicted octanol–water partition coefficient (Wildman–Crippen LogP) is 3.80. The van der Waals surface area contributed by atoms with E-state index in [9.17, 15) is 0 Å². The number of rotatable bonds is 3. The van der Waals surface area contributed by atoms with E-state index < -0.39 is 0 Å². The van der Waals surface area contributed by atoms with Crippen LogP contribution in [0.4, 0.5) is 11.4 Å². The van der Waals surface area contributed by atoms with Crippen molar-refractivity contribution in [1.29, 1.82) is 0 Å². The molecule has 0 aliphatic carbocycles. The van der Waals surface area contributed by atoms with Crippen LogP contribution in [0.3, 0.4) is 0 Å². The Balaban J connectivity index is 2.91. The van der Waals surface area contributed by atoms with Gasteiger partial charge in [0.1, 0.15) is 0 Å². The van der Waals surface area contributed by atoms with Crippen LogP contribution in [0.1, 0.15) is 26.3 Å². The van der Waals surface area contributed by atoms with Crippen molar-refractivity contribution in [1.82, 2.24) is 0 Å². The van der Waals surface area contributed by atoms with E-state index in [1.165, 1.54) is 0 Å². The lowest BCUT2D eigenvalue weighted by Gasteiger charge is -2.20. The molecule has 0 saturated carbocycles. The van der Waals surface area contributed by atoms with E-state index in [2.05, 4.69) is 48.1 Å². The van der Waals surface area contributed by atoms with Gasteiger partial charge in [-0.1, -0.05) is 13.8 Å². The summed E-state index contributed by atoms with van der Waals surface area (Å²) in [6.07, 6.45) is 0. The Kier molecular flexibility index (Phi) is 4.03. The van der Waals surface area contributed by atoms with E-state index in [1.807, 2.05) is 13.0 Å². The molecule has 2 nitrogen and oxygen atoms in total. The minimum Gasteiger partial charge on any atom is -0.398 e. The number of aryl methyl sites for hydroxylation is 1. The fourth-order valence-corrected chi connectivity index (χ4v) is 1.69. The molecular weight excluding hydrogens is 252 g/mol. The lowest BCUT2D eigenvalue weighted by atomic mass is 10.1. The van der Waals surface area contributed by atoms with Crippen LogP contribution >= 0.6 is 15.9 Å². The minimum absolute atomic E-state index is 0.448. The van der Waals surface area contributed by atoms with Gasteiger partial charge in [0, 0.05) is 21.9 Å². The Hall–Kier alpha value is -0.700. The van der Waals surface area contributed by atoms with Gasteiger partial charge in [0.15, 0.2) is 0 Å². The van der Waals surface area contributed by atoms with Gasteiger partial charge in [0.05, 0.1) is 0 Å². The standard InChI is InChI=1S/C12H19BrN2/c1-7(2)9(4)15-12-5-8(3)11(14)6-10(12)13/h5-7,9,15H,14H2,1-4H3. The van der Waals surface area contributed by atoms with Crippen LogP contribution < -0.4 is 11.1 Å². The molecule has 84 valence electrons. The number of hydrogen-bond donors (Lipinski definition) is 2. The first-order valence-electron chi connectivity index (χ1n) is 5.24. The van der Waals surface area contributed by atoms with Crippen LogP contribution in [0.5, 0.6) is 0 Å². The molecule has 0 heterocycles. The molecule has 0 aliphatic heterocycles. The van der Waals surface area contributed by atoms with E-state index in [0.29, 0.717) is 12.0 Å². The molecular formula is C12H19BrN2. The third kappa shape index (κ3) is 3.13. The summed E-state index contributed by atoms with van der Waals surface area (Å²) in [5.74, 6) is 0.606. The summed E-state index contributed by atoms with van der Waals surface area (Å²) in [5.41, 5.74) is 8.87. The van der Waals surface area contributed by atoms with E-state index >= 15 is 0 Å². The second-order valence-corrected chi connectivity index (χ2v) is 5.22. The molecule has 0 radical (unpaired) electrons. The lowest BCUT2D eigenvalue weighted by Crippen LogP contribution is -2.21. The highest BCUT2D eigenvalue weighted by Crippen LogP contribution is 2.28. The molecule has 0 aliphatic rings. The molecule has 1 rings (SSSR count). The lowest BCUT2D eigenvalue weighted by molar-refractivity contribution is 0.560. The number of nitrogens with one attached hydrogen (secondary N) is 1. The van der Waals surface area contributed by atoms with Gasteiger partial charge in [0.2, 0.25) is 0 Å². The van der Waals surface area contributed by atoms with Gasteiger partial charge in [-0.2, -0.15) is 0 Å². The largest absolute Gasteiger partial charge is 0.398 e. The monoisotopic (exact) mass is 270 g/mol. The van der Waals surface area contributed by atoms with Crippen molar-refractivity contribution in [2.75, 3.05) is 11.1 Å². The molecule has 0 aromatic heterocycles. The average Bonchev–Trinajstić information content (AvgIpc) is 2.13. The SMILES string of the molecule is Cc1cc(NC(C)C(C)C)c(Br)cc1N. The van der Waals surface area contributed by atoms with Crippen molar-refractivity contribution in [2.45, 2.75) is 33.7 Å². The van der Waals surface area contributed by atoms with E-state index in [1.54, 1.807) is 0 Å². The summed E-state index contributed by atoms with van der Waals surface area (Å²) in [7, 11) is 0. The second kappa shape index (κ2) is 4.88. The molecule has 3 N–H and O–H groups in total. The Bertz CT molecular complexity index is 348.